The largest absolute Gasteiger partial charge is 0.451 e. The van der Waals surface area contributed by atoms with Crippen LogP contribution in [0.4, 0.5) is 0 Å². The molecule has 5 rings (SSSR count). The number of hydrogen-bond donors (Lipinski definition) is 0. The lowest BCUT2D eigenvalue weighted by Gasteiger charge is -2.56. The Bertz CT molecular complexity index is 1040. The molecule has 3 nitrogen and oxygen atoms in total. The van der Waals surface area contributed by atoms with Crippen LogP contribution in [0.5, 0.6) is 0 Å². The van der Waals surface area contributed by atoms with Crippen molar-refractivity contribution in [1.29, 1.82) is 0 Å². The number of ketones is 1. The average molecular weight is 505 g/mol. The van der Waals surface area contributed by atoms with E-state index >= 15 is 0 Å². The van der Waals surface area contributed by atoms with Crippen LogP contribution in [0.3, 0.4) is 0 Å². The standard InChI is InChI=1S/C34H48O3/c1-22(2)10-9-11-23(3)27-16-17-28-26-15-14-25-20-30(35)31(37-32(36)24-12-7-6-8-13-24)21-34(25,5)29(26)18-19-33(27,28)4/h6-8,12-13,22-23,25,27,29,31H,9-11,14-21H2,1-5H3/t23-,25?,27-,29+,31?,33-,34+/m1/s1. The fourth-order valence-electron chi connectivity index (χ4n) is 9.19. The van der Waals surface area contributed by atoms with E-state index in [2.05, 4.69) is 34.6 Å². The molecule has 7 atom stereocenters. The molecule has 0 radical (unpaired) electrons. The maximum absolute atomic E-state index is 13.1. The molecular weight excluding hydrogens is 456 g/mol. The van der Waals surface area contributed by atoms with Gasteiger partial charge in [0, 0.05) is 6.42 Å². The zero-order valence-electron chi connectivity index (χ0n) is 23.9. The molecule has 0 heterocycles. The molecule has 37 heavy (non-hydrogen) atoms. The van der Waals surface area contributed by atoms with Crippen molar-refractivity contribution >= 4 is 11.8 Å². The summed E-state index contributed by atoms with van der Waals surface area (Å²) in [6.07, 6.45) is 12.1. The molecule has 0 aromatic heterocycles. The van der Waals surface area contributed by atoms with Gasteiger partial charge < -0.3 is 4.74 Å². The van der Waals surface area contributed by atoms with Crippen LogP contribution in [0.1, 0.15) is 116 Å². The van der Waals surface area contributed by atoms with E-state index in [9.17, 15) is 9.59 Å². The van der Waals surface area contributed by atoms with E-state index in [-0.39, 0.29) is 17.2 Å². The first kappa shape index (κ1) is 26.7. The maximum atomic E-state index is 13.1. The van der Waals surface area contributed by atoms with Gasteiger partial charge in [-0.25, -0.2) is 4.79 Å². The van der Waals surface area contributed by atoms with E-state index < -0.39 is 6.10 Å². The molecule has 0 aliphatic heterocycles. The lowest BCUT2D eigenvalue weighted by atomic mass is 9.48. The van der Waals surface area contributed by atoms with Gasteiger partial charge in [-0.2, -0.15) is 0 Å². The summed E-state index contributed by atoms with van der Waals surface area (Å²) in [6, 6.07) is 9.11. The highest BCUT2D eigenvalue weighted by atomic mass is 16.5. The third-order valence-corrected chi connectivity index (χ3v) is 11.3. The summed E-state index contributed by atoms with van der Waals surface area (Å²) >= 11 is 0. The molecule has 2 unspecified atom stereocenters. The number of allylic oxidation sites excluding steroid dienone is 2. The van der Waals surface area contributed by atoms with Crippen molar-refractivity contribution in [3.63, 3.8) is 0 Å². The zero-order valence-corrected chi connectivity index (χ0v) is 23.9. The Hall–Kier alpha value is -1.90. The van der Waals surface area contributed by atoms with E-state index in [1.54, 1.807) is 23.3 Å². The number of carbonyl (C=O) groups excluding carboxylic acids is 2. The van der Waals surface area contributed by atoms with Gasteiger partial charge in [0.25, 0.3) is 0 Å². The molecule has 0 N–H and O–H groups in total. The van der Waals surface area contributed by atoms with E-state index in [0.29, 0.717) is 35.7 Å². The highest BCUT2D eigenvalue weighted by Crippen LogP contribution is 2.65. The number of esters is 1. The van der Waals surface area contributed by atoms with Gasteiger partial charge in [-0.1, -0.05) is 83.2 Å². The summed E-state index contributed by atoms with van der Waals surface area (Å²) < 4.78 is 5.89. The smallest absolute Gasteiger partial charge is 0.338 e. The van der Waals surface area contributed by atoms with E-state index in [4.69, 9.17) is 4.74 Å². The van der Waals surface area contributed by atoms with Gasteiger partial charge in [0.05, 0.1) is 5.56 Å². The van der Waals surface area contributed by atoms with Crippen LogP contribution in [-0.2, 0) is 9.53 Å². The molecule has 1 aromatic rings. The van der Waals surface area contributed by atoms with Gasteiger partial charge in [0.1, 0.15) is 0 Å². The van der Waals surface area contributed by atoms with Crippen LogP contribution < -0.4 is 0 Å². The molecule has 0 spiro atoms. The van der Waals surface area contributed by atoms with Crippen molar-refractivity contribution in [1.82, 2.24) is 0 Å². The number of fused-ring (bicyclic) bond motifs is 4. The summed E-state index contributed by atoms with van der Waals surface area (Å²) in [7, 11) is 0. The summed E-state index contributed by atoms with van der Waals surface area (Å²) in [5.41, 5.74) is 4.46. The van der Waals surface area contributed by atoms with Gasteiger partial charge >= 0.3 is 5.97 Å². The molecule has 202 valence electrons. The normalized spacial score (nSPS) is 36.1. The van der Waals surface area contributed by atoms with Crippen molar-refractivity contribution in [2.45, 2.75) is 111 Å². The molecule has 4 aliphatic carbocycles. The summed E-state index contributed by atoms with van der Waals surface area (Å²) in [5, 5.41) is 0. The first-order valence-electron chi connectivity index (χ1n) is 15.1. The first-order chi connectivity index (χ1) is 17.6. The van der Waals surface area contributed by atoms with Crippen LogP contribution in [0.25, 0.3) is 0 Å². The summed E-state index contributed by atoms with van der Waals surface area (Å²) in [4.78, 5) is 25.9. The second-order valence-corrected chi connectivity index (χ2v) is 13.8. The Morgan fingerprint density at radius 1 is 1.03 bits per heavy atom. The van der Waals surface area contributed by atoms with Gasteiger partial charge in [-0.05, 0) is 97.5 Å². The topological polar surface area (TPSA) is 43.4 Å². The number of hydrogen-bond acceptors (Lipinski definition) is 3. The third-order valence-electron chi connectivity index (χ3n) is 11.3. The molecule has 0 bridgehead atoms. The number of rotatable bonds is 7. The van der Waals surface area contributed by atoms with E-state index in [0.717, 1.165) is 24.2 Å². The Labute approximate surface area is 224 Å². The van der Waals surface area contributed by atoms with Crippen LogP contribution in [0.2, 0.25) is 0 Å². The second-order valence-electron chi connectivity index (χ2n) is 13.8. The molecule has 3 heteroatoms. The number of ether oxygens (including phenoxy) is 1. The fraction of sp³-hybridized carbons (Fsp3) is 0.706. The van der Waals surface area contributed by atoms with Crippen LogP contribution in [0.15, 0.2) is 41.5 Å². The molecule has 1 aromatic carbocycles. The molecule has 3 saturated carbocycles. The Balaban J connectivity index is 1.34. The Morgan fingerprint density at radius 2 is 1.78 bits per heavy atom. The fourth-order valence-corrected chi connectivity index (χ4v) is 9.19. The Kier molecular flexibility index (Phi) is 7.46. The lowest BCUT2D eigenvalue weighted by molar-refractivity contribution is -0.141. The van der Waals surface area contributed by atoms with Crippen LogP contribution >= 0.6 is 0 Å². The minimum Gasteiger partial charge on any atom is -0.451 e. The van der Waals surface area contributed by atoms with Crippen molar-refractivity contribution in [3.05, 3.63) is 47.0 Å². The van der Waals surface area contributed by atoms with Gasteiger partial charge in [0.2, 0.25) is 0 Å². The molecule has 0 amide bonds. The van der Waals surface area contributed by atoms with Gasteiger partial charge in [0.15, 0.2) is 11.9 Å². The minimum absolute atomic E-state index is 0.0401. The first-order valence-corrected chi connectivity index (χ1v) is 15.1. The second kappa shape index (κ2) is 10.3. The van der Waals surface area contributed by atoms with Crippen molar-refractivity contribution in [2.24, 2.45) is 40.4 Å². The highest BCUT2D eigenvalue weighted by molar-refractivity contribution is 5.93. The average Bonchev–Trinajstić information content (AvgIpc) is 3.22. The molecular formula is C34H48O3. The molecule has 3 fully saturated rings. The van der Waals surface area contributed by atoms with E-state index in [1.165, 1.54) is 51.4 Å². The lowest BCUT2D eigenvalue weighted by Crippen LogP contribution is -2.52. The SMILES string of the molecule is CC(C)CCC[C@@H](C)[C@H]1CCC2=C3CCC4CC(=O)C(OC(=O)c5ccccc5)C[C@]4(C)[C@H]3CC[C@@]21C. The minimum atomic E-state index is -0.607. The van der Waals surface area contributed by atoms with Crippen LogP contribution in [-0.4, -0.2) is 17.9 Å². The number of Topliss-reactive ketones (excluding diaryl/α,β-unsaturated/α-hetero) is 1. The summed E-state index contributed by atoms with van der Waals surface area (Å²) in [5.74, 6) is 3.11. The van der Waals surface area contributed by atoms with Gasteiger partial charge in [-0.15, -0.1) is 0 Å². The zero-order chi connectivity index (χ0) is 26.4. The van der Waals surface area contributed by atoms with E-state index in [1.807, 2.05) is 18.2 Å². The molecule has 0 saturated heterocycles. The van der Waals surface area contributed by atoms with Crippen molar-refractivity contribution < 1.29 is 14.3 Å². The van der Waals surface area contributed by atoms with Gasteiger partial charge in [-0.3, -0.25) is 4.79 Å². The highest BCUT2D eigenvalue weighted by Gasteiger charge is 2.57. The Morgan fingerprint density at radius 3 is 2.51 bits per heavy atom. The summed E-state index contributed by atoms with van der Waals surface area (Å²) in [6.45, 7) is 12.2. The predicted octanol–water partition coefficient (Wildman–Crippen LogP) is 8.58. The molecule has 4 aliphatic rings. The third kappa shape index (κ3) is 4.85. The number of carbonyl (C=O) groups is 2. The van der Waals surface area contributed by atoms with Crippen molar-refractivity contribution in [2.75, 3.05) is 0 Å². The quantitative estimate of drug-likeness (QED) is 0.276. The van der Waals surface area contributed by atoms with Crippen LogP contribution in [0, 0.1) is 40.4 Å². The predicted molar refractivity (Wildman–Crippen MR) is 149 cm³/mol. The maximum Gasteiger partial charge on any atom is 0.338 e. The number of benzene rings is 1. The monoisotopic (exact) mass is 504 g/mol. The van der Waals surface area contributed by atoms with Crippen molar-refractivity contribution in [3.8, 4) is 0 Å².